The van der Waals surface area contributed by atoms with Crippen molar-refractivity contribution in [1.29, 1.82) is 0 Å². The largest absolute Gasteiger partial charge is 0.492 e. The highest BCUT2D eigenvalue weighted by Crippen LogP contribution is 2.30. The molecule has 2 aliphatic rings. The predicted molar refractivity (Wildman–Crippen MR) is 107 cm³/mol. The van der Waals surface area contributed by atoms with Crippen molar-refractivity contribution in [2.45, 2.75) is 19.3 Å². The van der Waals surface area contributed by atoms with Crippen LogP contribution >= 0.6 is 11.6 Å². The Balaban J connectivity index is 1.36. The second kappa shape index (κ2) is 8.25. The van der Waals surface area contributed by atoms with Crippen molar-refractivity contribution in [1.82, 2.24) is 0 Å². The monoisotopic (exact) mass is 413 g/mol. The molecule has 0 unspecified atom stereocenters. The first-order valence-corrected chi connectivity index (χ1v) is 9.90. The summed E-state index contributed by atoms with van der Waals surface area (Å²) in [5.41, 5.74) is 1.95. The van der Waals surface area contributed by atoms with Gasteiger partial charge in [0.1, 0.15) is 12.4 Å². The van der Waals surface area contributed by atoms with Gasteiger partial charge in [-0.1, -0.05) is 23.7 Å². The first-order valence-electron chi connectivity index (χ1n) is 9.53. The van der Waals surface area contributed by atoms with Gasteiger partial charge in [-0.15, -0.1) is 0 Å². The van der Waals surface area contributed by atoms with Gasteiger partial charge in [-0.2, -0.15) is 0 Å². The maximum absolute atomic E-state index is 12.5. The summed E-state index contributed by atoms with van der Waals surface area (Å²) < 4.78 is 10.9. The number of amides is 1. The molecule has 2 aliphatic heterocycles. The van der Waals surface area contributed by atoms with Crippen LogP contribution in [0, 0.1) is 5.92 Å². The lowest BCUT2D eigenvalue weighted by Gasteiger charge is -2.24. The molecule has 0 saturated carbocycles. The number of nitrogens with zero attached hydrogens (tertiary/aromatic N) is 1. The molecule has 1 saturated heterocycles. The Kier molecular flexibility index (Phi) is 5.53. The number of fused-ring (bicyclic) bond motifs is 1. The van der Waals surface area contributed by atoms with Crippen molar-refractivity contribution in [3.8, 4) is 5.75 Å². The number of Topliss-reactive ketones (excluding diaryl/α,β-unsaturated/α-hetero) is 1. The van der Waals surface area contributed by atoms with E-state index in [1.54, 1.807) is 47.4 Å². The number of benzene rings is 2. The lowest BCUT2D eigenvalue weighted by Crippen LogP contribution is -2.31. The summed E-state index contributed by atoms with van der Waals surface area (Å²) in [6.45, 7) is 0.502. The number of ketones is 1. The lowest BCUT2D eigenvalue weighted by atomic mass is 9.97. The number of ether oxygens (including phenoxy) is 2. The average Bonchev–Trinajstić information content (AvgIpc) is 3.17. The minimum atomic E-state index is -0.484. The van der Waals surface area contributed by atoms with Crippen LogP contribution < -0.4 is 9.64 Å². The first-order chi connectivity index (χ1) is 14.0. The van der Waals surface area contributed by atoms with Gasteiger partial charge in [0.05, 0.1) is 5.92 Å². The topological polar surface area (TPSA) is 72.9 Å². The number of anilines is 1. The molecule has 6 nitrogen and oxygen atoms in total. The highest BCUT2D eigenvalue weighted by atomic mass is 35.5. The molecular weight excluding hydrogens is 394 g/mol. The van der Waals surface area contributed by atoms with E-state index in [2.05, 4.69) is 0 Å². The second-order valence-electron chi connectivity index (χ2n) is 7.19. The standard InChI is InChI=1S/C22H20ClNO5/c23-17-6-7-20-15(10-17)9-16(12-28-20)22(27)29-13-19(25)14-3-1-4-18(11-14)24-8-2-5-21(24)26/h1,3-4,6-7,10-11,16H,2,5,8-9,12-13H2/t16-/m0/s1. The number of hydrogen-bond donors (Lipinski definition) is 0. The highest BCUT2D eigenvalue weighted by molar-refractivity contribution is 6.30. The van der Waals surface area contributed by atoms with Gasteiger partial charge in [0.15, 0.2) is 12.4 Å². The highest BCUT2D eigenvalue weighted by Gasteiger charge is 2.28. The smallest absolute Gasteiger partial charge is 0.313 e. The Morgan fingerprint density at radius 1 is 1.21 bits per heavy atom. The quantitative estimate of drug-likeness (QED) is 0.554. The molecule has 1 atom stereocenters. The molecule has 2 aromatic rings. The molecule has 0 N–H and O–H groups in total. The van der Waals surface area contributed by atoms with Gasteiger partial charge >= 0.3 is 5.97 Å². The molecule has 0 aromatic heterocycles. The second-order valence-corrected chi connectivity index (χ2v) is 7.63. The molecular formula is C22H20ClNO5. The molecule has 0 bridgehead atoms. The Hall–Kier alpha value is -2.86. The van der Waals surface area contributed by atoms with Crippen molar-refractivity contribution in [3.05, 3.63) is 58.6 Å². The SMILES string of the molecule is O=C(COC(=O)[C@@H]1COc2ccc(Cl)cc2C1)c1cccc(N2CCCC2=O)c1. The van der Waals surface area contributed by atoms with Gasteiger partial charge in [0.25, 0.3) is 0 Å². The molecule has 0 spiro atoms. The molecule has 0 radical (unpaired) electrons. The van der Waals surface area contributed by atoms with Crippen molar-refractivity contribution in [3.63, 3.8) is 0 Å². The van der Waals surface area contributed by atoms with Crippen molar-refractivity contribution in [2.75, 3.05) is 24.7 Å². The fourth-order valence-corrected chi connectivity index (χ4v) is 3.82. The summed E-state index contributed by atoms with van der Waals surface area (Å²) >= 11 is 6.00. The molecule has 2 aromatic carbocycles. The summed E-state index contributed by atoms with van der Waals surface area (Å²) in [7, 11) is 0. The number of carbonyl (C=O) groups is 3. The molecule has 0 aliphatic carbocycles. The van der Waals surface area contributed by atoms with Crippen LogP contribution in [0.2, 0.25) is 5.02 Å². The summed E-state index contributed by atoms with van der Waals surface area (Å²) in [6.07, 6.45) is 1.79. The third kappa shape index (κ3) is 4.27. The number of hydrogen-bond acceptors (Lipinski definition) is 5. The van der Waals surface area contributed by atoms with Crippen LogP contribution in [0.1, 0.15) is 28.8 Å². The number of rotatable bonds is 5. The van der Waals surface area contributed by atoms with Crippen LogP contribution in [-0.4, -0.2) is 37.4 Å². The molecule has 150 valence electrons. The van der Waals surface area contributed by atoms with Gasteiger partial charge < -0.3 is 14.4 Å². The summed E-state index contributed by atoms with van der Waals surface area (Å²) in [6, 6.07) is 12.1. The van der Waals surface area contributed by atoms with E-state index < -0.39 is 11.9 Å². The zero-order valence-corrected chi connectivity index (χ0v) is 16.5. The van der Waals surface area contributed by atoms with E-state index in [0.717, 1.165) is 12.0 Å². The summed E-state index contributed by atoms with van der Waals surface area (Å²) in [5, 5.41) is 0.577. The zero-order chi connectivity index (χ0) is 20.4. The molecule has 29 heavy (non-hydrogen) atoms. The Morgan fingerprint density at radius 3 is 2.86 bits per heavy atom. The normalized spacial score (nSPS) is 18.2. The van der Waals surface area contributed by atoms with E-state index in [9.17, 15) is 14.4 Å². The van der Waals surface area contributed by atoms with E-state index in [-0.39, 0.29) is 24.9 Å². The maximum Gasteiger partial charge on any atom is 0.313 e. The van der Waals surface area contributed by atoms with Gasteiger partial charge in [-0.05, 0) is 48.7 Å². The van der Waals surface area contributed by atoms with Crippen LogP contribution in [0.25, 0.3) is 0 Å². The minimum absolute atomic E-state index is 0.0544. The Labute approximate surface area is 173 Å². The van der Waals surface area contributed by atoms with Crippen LogP contribution in [0.3, 0.4) is 0 Å². The molecule has 4 rings (SSSR count). The van der Waals surface area contributed by atoms with Crippen LogP contribution in [0.5, 0.6) is 5.75 Å². The zero-order valence-electron chi connectivity index (χ0n) is 15.7. The van der Waals surface area contributed by atoms with Crippen LogP contribution in [0.4, 0.5) is 5.69 Å². The molecule has 7 heteroatoms. The molecule has 1 fully saturated rings. The maximum atomic E-state index is 12.5. The van der Waals surface area contributed by atoms with Crippen molar-refractivity contribution in [2.24, 2.45) is 5.92 Å². The van der Waals surface area contributed by atoms with E-state index in [1.807, 2.05) is 0 Å². The van der Waals surface area contributed by atoms with Crippen LogP contribution in [-0.2, 0) is 20.7 Å². The van der Waals surface area contributed by atoms with Crippen molar-refractivity contribution >= 4 is 34.9 Å². The summed E-state index contributed by atoms with van der Waals surface area (Å²) in [5.74, 6) is -0.509. The van der Waals surface area contributed by atoms with Gasteiger partial charge in [-0.25, -0.2) is 0 Å². The summed E-state index contributed by atoms with van der Waals surface area (Å²) in [4.78, 5) is 38.5. The Morgan fingerprint density at radius 2 is 2.07 bits per heavy atom. The lowest BCUT2D eigenvalue weighted by molar-refractivity contribution is -0.148. The first kappa shape index (κ1) is 19.5. The third-order valence-electron chi connectivity index (χ3n) is 5.16. The van der Waals surface area contributed by atoms with Gasteiger partial charge in [-0.3, -0.25) is 14.4 Å². The predicted octanol–water partition coefficient (Wildman–Crippen LogP) is 3.44. The van der Waals surface area contributed by atoms with E-state index >= 15 is 0 Å². The van der Waals surface area contributed by atoms with E-state index in [0.29, 0.717) is 41.4 Å². The van der Waals surface area contributed by atoms with Gasteiger partial charge in [0, 0.05) is 29.2 Å². The fourth-order valence-electron chi connectivity index (χ4n) is 3.62. The van der Waals surface area contributed by atoms with Gasteiger partial charge in [0.2, 0.25) is 5.91 Å². The van der Waals surface area contributed by atoms with Crippen molar-refractivity contribution < 1.29 is 23.9 Å². The fraction of sp³-hybridized carbons (Fsp3) is 0.318. The number of esters is 1. The number of halogens is 1. The molecule has 1 amide bonds. The Bertz CT molecular complexity index is 973. The number of carbonyl (C=O) groups excluding carboxylic acids is 3. The van der Waals surface area contributed by atoms with E-state index in [1.165, 1.54) is 0 Å². The molecule has 2 heterocycles. The minimum Gasteiger partial charge on any atom is -0.492 e. The average molecular weight is 414 g/mol. The third-order valence-corrected chi connectivity index (χ3v) is 5.40. The van der Waals surface area contributed by atoms with E-state index in [4.69, 9.17) is 21.1 Å². The van der Waals surface area contributed by atoms with Crippen LogP contribution in [0.15, 0.2) is 42.5 Å².